The van der Waals surface area contributed by atoms with E-state index in [4.69, 9.17) is 28.6 Å². The van der Waals surface area contributed by atoms with E-state index in [9.17, 15) is 4.79 Å². The van der Waals surface area contributed by atoms with Crippen molar-refractivity contribution in [2.24, 2.45) is 0 Å². The fraction of sp³-hybridized carbons (Fsp3) is 0.471. The van der Waals surface area contributed by atoms with Crippen LogP contribution in [0.5, 0.6) is 0 Å². The highest BCUT2D eigenvalue weighted by Crippen LogP contribution is 2.39. The van der Waals surface area contributed by atoms with E-state index in [0.717, 1.165) is 17.9 Å². The molecule has 2 aromatic rings. The Kier molecular flexibility index (Phi) is 6.29. The zero-order valence-corrected chi connectivity index (χ0v) is 16.8. The third-order valence-electron chi connectivity index (χ3n) is 4.51. The molecule has 0 aliphatic heterocycles. The van der Waals surface area contributed by atoms with E-state index in [1.807, 2.05) is 12.1 Å². The second kappa shape index (κ2) is 8.47. The third kappa shape index (κ3) is 4.43. The molecule has 0 unspecified atom stereocenters. The summed E-state index contributed by atoms with van der Waals surface area (Å²) in [6.07, 6.45) is 3.94. The van der Waals surface area contributed by atoms with Gasteiger partial charge in [0.05, 0.1) is 13.3 Å². The highest BCUT2D eigenvalue weighted by atomic mass is 35.5. The number of carbonyl (C=O) groups excluding carboxylic acids is 1. The summed E-state index contributed by atoms with van der Waals surface area (Å²) in [7, 11) is 0. The highest BCUT2D eigenvalue weighted by Gasteiger charge is 2.35. The molecule has 0 bridgehead atoms. The van der Waals surface area contributed by atoms with Gasteiger partial charge < -0.3 is 4.74 Å². The first-order valence-electron chi connectivity index (χ1n) is 8.55. The standard InChI is InChI=1S/C17H21ClN4O2S2/c1-2-24-15(23)20-14-21-22(16(25)26-14)11-19-17(9-3-4-10-17)12-5-7-13(18)8-6-12/h5-8,19H,2-4,9-11H2,1H3,(H,20,21,23). The maximum atomic E-state index is 11.5. The van der Waals surface area contributed by atoms with E-state index in [-0.39, 0.29) is 5.54 Å². The normalized spacial score (nSPS) is 15.8. The number of hydrogen-bond donors (Lipinski definition) is 2. The topological polar surface area (TPSA) is 68.2 Å². The van der Waals surface area contributed by atoms with Gasteiger partial charge in [-0.3, -0.25) is 10.6 Å². The van der Waals surface area contributed by atoms with Gasteiger partial charge in [0.25, 0.3) is 0 Å². The number of anilines is 1. The van der Waals surface area contributed by atoms with Crippen LogP contribution in [0.4, 0.5) is 9.93 Å². The number of halogens is 1. The Labute approximate surface area is 166 Å². The van der Waals surface area contributed by atoms with E-state index in [1.165, 1.54) is 29.7 Å². The van der Waals surface area contributed by atoms with Gasteiger partial charge in [-0.25, -0.2) is 9.48 Å². The molecule has 26 heavy (non-hydrogen) atoms. The van der Waals surface area contributed by atoms with Crippen molar-refractivity contribution in [3.8, 4) is 0 Å². The van der Waals surface area contributed by atoms with Gasteiger partial charge in [0.2, 0.25) is 5.13 Å². The van der Waals surface area contributed by atoms with Crippen LogP contribution in [-0.4, -0.2) is 22.5 Å². The Morgan fingerprint density at radius 3 is 2.73 bits per heavy atom. The monoisotopic (exact) mass is 412 g/mol. The van der Waals surface area contributed by atoms with E-state index in [2.05, 4.69) is 27.9 Å². The zero-order valence-electron chi connectivity index (χ0n) is 14.5. The molecule has 0 saturated heterocycles. The number of hydrogen-bond acceptors (Lipinski definition) is 6. The molecule has 1 aromatic heterocycles. The van der Waals surface area contributed by atoms with Gasteiger partial charge in [-0.15, -0.1) is 5.10 Å². The van der Waals surface area contributed by atoms with Crippen LogP contribution in [0.1, 0.15) is 38.2 Å². The van der Waals surface area contributed by atoms with Gasteiger partial charge in [-0.1, -0.05) is 47.9 Å². The van der Waals surface area contributed by atoms with Crippen molar-refractivity contribution in [3.63, 3.8) is 0 Å². The van der Waals surface area contributed by atoms with Crippen LogP contribution < -0.4 is 10.6 Å². The molecule has 0 atom stereocenters. The number of amides is 1. The lowest BCUT2D eigenvalue weighted by molar-refractivity contribution is 0.168. The smallest absolute Gasteiger partial charge is 0.413 e. The lowest BCUT2D eigenvalue weighted by Gasteiger charge is -2.31. The maximum absolute atomic E-state index is 11.5. The van der Waals surface area contributed by atoms with E-state index >= 15 is 0 Å². The summed E-state index contributed by atoms with van der Waals surface area (Å²) < 4.78 is 7.15. The zero-order chi connectivity index (χ0) is 18.6. The number of nitrogens with zero attached hydrogens (tertiary/aromatic N) is 2. The summed E-state index contributed by atoms with van der Waals surface area (Å²) in [5, 5.41) is 11.8. The van der Waals surface area contributed by atoms with Crippen molar-refractivity contribution in [1.29, 1.82) is 0 Å². The summed E-state index contributed by atoms with van der Waals surface area (Å²) in [5.74, 6) is 0. The SMILES string of the molecule is CCOC(=O)Nc1nn(CNC2(c3ccc(Cl)cc3)CCCC2)c(=S)s1. The molecule has 140 valence electrons. The third-order valence-corrected chi connectivity index (χ3v) is 5.99. The molecular formula is C17H21ClN4O2S2. The Morgan fingerprint density at radius 1 is 1.38 bits per heavy atom. The summed E-state index contributed by atoms with van der Waals surface area (Å²) in [4.78, 5) is 11.5. The molecule has 9 heteroatoms. The van der Waals surface area contributed by atoms with Crippen molar-refractivity contribution in [1.82, 2.24) is 15.1 Å². The summed E-state index contributed by atoms with van der Waals surface area (Å²) in [5.41, 5.74) is 1.13. The molecule has 1 heterocycles. The first-order valence-corrected chi connectivity index (χ1v) is 10.2. The van der Waals surface area contributed by atoms with Crippen molar-refractivity contribution in [2.45, 2.75) is 44.8 Å². The van der Waals surface area contributed by atoms with Gasteiger partial charge in [-0.2, -0.15) is 0 Å². The Bertz CT molecular complexity index is 813. The number of rotatable bonds is 6. The first-order chi connectivity index (χ1) is 12.5. The molecule has 1 aromatic carbocycles. The number of ether oxygens (including phenoxy) is 1. The predicted molar refractivity (Wildman–Crippen MR) is 106 cm³/mol. The van der Waals surface area contributed by atoms with E-state index < -0.39 is 6.09 Å². The van der Waals surface area contributed by atoms with Gasteiger partial charge in [0.15, 0.2) is 3.95 Å². The average molecular weight is 413 g/mol. The van der Waals surface area contributed by atoms with Crippen LogP contribution in [-0.2, 0) is 16.9 Å². The second-order valence-electron chi connectivity index (χ2n) is 6.15. The quantitative estimate of drug-likeness (QED) is 0.659. The molecule has 1 saturated carbocycles. The Balaban J connectivity index is 1.72. The fourth-order valence-corrected chi connectivity index (χ4v) is 4.37. The van der Waals surface area contributed by atoms with Crippen LogP contribution in [0.3, 0.4) is 0 Å². The van der Waals surface area contributed by atoms with Crippen LogP contribution in [0.2, 0.25) is 5.02 Å². The van der Waals surface area contributed by atoms with E-state index in [0.29, 0.717) is 22.4 Å². The van der Waals surface area contributed by atoms with E-state index in [1.54, 1.807) is 11.6 Å². The largest absolute Gasteiger partial charge is 0.450 e. The van der Waals surface area contributed by atoms with Crippen LogP contribution >= 0.6 is 35.2 Å². The van der Waals surface area contributed by atoms with Crippen molar-refractivity contribution in [2.75, 3.05) is 11.9 Å². The fourth-order valence-electron chi connectivity index (χ4n) is 3.25. The van der Waals surface area contributed by atoms with Crippen LogP contribution in [0.15, 0.2) is 24.3 Å². The van der Waals surface area contributed by atoms with Gasteiger partial charge in [-0.05, 0) is 49.7 Å². The van der Waals surface area contributed by atoms with Crippen molar-refractivity contribution in [3.05, 3.63) is 38.8 Å². The maximum Gasteiger partial charge on any atom is 0.413 e. The Hall–Kier alpha value is -1.48. The number of nitrogens with one attached hydrogen (secondary N) is 2. The van der Waals surface area contributed by atoms with Gasteiger partial charge in [0, 0.05) is 10.6 Å². The minimum atomic E-state index is -0.523. The molecule has 0 radical (unpaired) electrons. The molecule has 1 amide bonds. The molecule has 3 rings (SSSR count). The molecule has 6 nitrogen and oxygen atoms in total. The predicted octanol–water partition coefficient (Wildman–Crippen LogP) is 4.91. The molecular weight excluding hydrogens is 392 g/mol. The summed E-state index contributed by atoms with van der Waals surface area (Å²) in [6, 6.07) is 8.01. The summed E-state index contributed by atoms with van der Waals surface area (Å²) in [6.45, 7) is 2.54. The van der Waals surface area contributed by atoms with Gasteiger partial charge >= 0.3 is 6.09 Å². The number of carbonyl (C=O) groups is 1. The van der Waals surface area contributed by atoms with Crippen LogP contribution in [0, 0.1) is 3.95 Å². The average Bonchev–Trinajstić information content (AvgIpc) is 3.21. The second-order valence-corrected chi connectivity index (χ2v) is 8.21. The minimum Gasteiger partial charge on any atom is -0.450 e. The lowest BCUT2D eigenvalue weighted by atomic mass is 9.88. The Morgan fingerprint density at radius 2 is 2.08 bits per heavy atom. The van der Waals surface area contributed by atoms with Crippen molar-refractivity contribution < 1.29 is 9.53 Å². The molecule has 1 aliphatic carbocycles. The summed E-state index contributed by atoms with van der Waals surface area (Å²) >= 11 is 12.6. The number of aromatic nitrogens is 2. The number of benzene rings is 1. The molecule has 0 spiro atoms. The molecule has 2 N–H and O–H groups in total. The highest BCUT2D eigenvalue weighted by molar-refractivity contribution is 7.73. The molecule has 1 fully saturated rings. The van der Waals surface area contributed by atoms with Crippen LogP contribution in [0.25, 0.3) is 0 Å². The lowest BCUT2D eigenvalue weighted by Crippen LogP contribution is -2.41. The van der Waals surface area contributed by atoms with Crippen molar-refractivity contribution >= 4 is 46.4 Å². The van der Waals surface area contributed by atoms with Gasteiger partial charge in [0.1, 0.15) is 0 Å². The first kappa shape index (κ1) is 19.3. The minimum absolute atomic E-state index is 0.0995. The molecule has 1 aliphatic rings.